The highest BCUT2D eigenvalue weighted by atomic mass is 16.5. The van der Waals surface area contributed by atoms with E-state index in [9.17, 15) is 4.79 Å². The molecule has 0 spiro atoms. The van der Waals surface area contributed by atoms with E-state index in [2.05, 4.69) is 14.9 Å². The zero-order valence-electron chi connectivity index (χ0n) is 12.0. The van der Waals surface area contributed by atoms with E-state index >= 15 is 0 Å². The first-order valence-corrected chi connectivity index (χ1v) is 7.00. The van der Waals surface area contributed by atoms with Crippen LogP contribution in [0.15, 0.2) is 12.4 Å². The van der Waals surface area contributed by atoms with Crippen LogP contribution in [0.3, 0.4) is 0 Å². The molecular weight excluding hydrogens is 258 g/mol. The van der Waals surface area contributed by atoms with E-state index in [0.717, 1.165) is 31.7 Å². The largest absolute Gasteiger partial charge is 0.481 e. The van der Waals surface area contributed by atoms with Gasteiger partial charge in [-0.05, 0) is 32.6 Å². The van der Waals surface area contributed by atoms with Crippen LogP contribution in [0, 0.1) is 5.92 Å². The highest BCUT2D eigenvalue weighted by molar-refractivity contribution is 5.66. The molecule has 0 bridgehead atoms. The third-order valence-electron chi connectivity index (χ3n) is 3.36. The first-order valence-electron chi connectivity index (χ1n) is 7.00. The maximum absolute atomic E-state index is 10.6. The zero-order valence-corrected chi connectivity index (χ0v) is 12.0. The minimum atomic E-state index is -0.724. The van der Waals surface area contributed by atoms with Gasteiger partial charge < -0.3 is 14.7 Å². The predicted molar refractivity (Wildman–Crippen MR) is 75.0 cm³/mol. The summed E-state index contributed by atoms with van der Waals surface area (Å²) in [6.07, 6.45) is 3.57. The number of hydrogen-bond acceptors (Lipinski definition) is 5. The lowest BCUT2D eigenvalue weighted by Gasteiger charge is -2.18. The second kappa shape index (κ2) is 6.54. The Morgan fingerprint density at radius 1 is 1.55 bits per heavy atom. The fourth-order valence-electron chi connectivity index (χ4n) is 2.41. The number of nitrogens with zero attached hydrogens (tertiary/aromatic N) is 3. The maximum Gasteiger partial charge on any atom is 0.303 e. The van der Waals surface area contributed by atoms with Crippen LogP contribution in [0.1, 0.15) is 33.1 Å². The maximum atomic E-state index is 10.6. The number of rotatable bonds is 6. The van der Waals surface area contributed by atoms with Gasteiger partial charge in [0.2, 0.25) is 5.88 Å². The van der Waals surface area contributed by atoms with Crippen molar-refractivity contribution in [1.82, 2.24) is 9.97 Å². The quantitative estimate of drug-likeness (QED) is 0.858. The van der Waals surface area contributed by atoms with Gasteiger partial charge in [0.25, 0.3) is 0 Å². The van der Waals surface area contributed by atoms with E-state index in [4.69, 9.17) is 9.84 Å². The molecule has 1 N–H and O–H groups in total. The van der Waals surface area contributed by atoms with Crippen LogP contribution in [0.4, 0.5) is 5.82 Å². The molecule has 6 heteroatoms. The van der Waals surface area contributed by atoms with E-state index in [1.165, 1.54) is 6.33 Å². The second-order valence-corrected chi connectivity index (χ2v) is 5.41. The molecule has 0 radical (unpaired) electrons. The van der Waals surface area contributed by atoms with Crippen molar-refractivity contribution in [1.29, 1.82) is 0 Å². The van der Waals surface area contributed by atoms with Crippen LogP contribution < -0.4 is 9.64 Å². The summed E-state index contributed by atoms with van der Waals surface area (Å²) in [6, 6.07) is 1.85. The molecule has 1 unspecified atom stereocenters. The predicted octanol–water partition coefficient (Wildman–Crippen LogP) is 1.95. The molecule has 0 saturated carbocycles. The van der Waals surface area contributed by atoms with Gasteiger partial charge in [0, 0.05) is 25.6 Å². The van der Waals surface area contributed by atoms with Gasteiger partial charge in [-0.1, -0.05) is 0 Å². The molecule has 2 rings (SSSR count). The van der Waals surface area contributed by atoms with Crippen LogP contribution in [0.25, 0.3) is 0 Å². The molecule has 1 aromatic rings. The van der Waals surface area contributed by atoms with Crippen LogP contribution in [-0.2, 0) is 4.79 Å². The lowest BCUT2D eigenvalue weighted by atomic mass is 10.0. The standard InChI is InChI=1S/C14H21N3O3/c1-10(2)20-13-7-12(15-9-16-13)17-6-5-11(8-17)3-4-14(18)19/h7,9-11H,3-6,8H2,1-2H3,(H,18,19). The first-order chi connectivity index (χ1) is 9.54. The number of hydrogen-bond donors (Lipinski definition) is 1. The lowest BCUT2D eigenvalue weighted by Crippen LogP contribution is -2.21. The van der Waals surface area contributed by atoms with Crippen molar-refractivity contribution in [3.05, 3.63) is 12.4 Å². The molecule has 20 heavy (non-hydrogen) atoms. The zero-order chi connectivity index (χ0) is 14.5. The van der Waals surface area contributed by atoms with E-state index in [1.807, 2.05) is 19.9 Å². The summed E-state index contributed by atoms with van der Waals surface area (Å²) >= 11 is 0. The first kappa shape index (κ1) is 14.6. The number of anilines is 1. The lowest BCUT2D eigenvalue weighted by molar-refractivity contribution is -0.137. The molecule has 1 saturated heterocycles. The monoisotopic (exact) mass is 279 g/mol. The minimum absolute atomic E-state index is 0.0830. The average Bonchev–Trinajstić information content (AvgIpc) is 2.84. The molecule has 1 aliphatic rings. The molecule has 1 aromatic heterocycles. The van der Waals surface area contributed by atoms with Crippen molar-refractivity contribution < 1.29 is 14.6 Å². The Bertz CT molecular complexity index is 465. The van der Waals surface area contributed by atoms with Crippen molar-refractivity contribution in [2.45, 2.75) is 39.2 Å². The van der Waals surface area contributed by atoms with Crippen molar-refractivity contribution in [2.24, 2.45) is 5.92 Å². The Morgan fingerprint density at radius 3 is 3.05 bits per heavy atom. The van der Waals surface area contributed by atoms with Gasteiger partial charge in [-0.3, -0.25) is 4.79 Å². The molecule has 1 atom stereocenters. The molecule has 6 nitrogen and oxygen atoms in total. The number of carboxylic acid groups (broad SMARTS) is 1. The van der Waals surface area contributed by atoms with E-state index in [0.29, 0.717) is 11.8 Å². The molecule has 0 aromatic carbocycles. The summed E-state index contributed by atoms with van der Waals surface area (Å²) in [5.74, 6) is 1.14. The van der Waals surface area contributed by atoms with Crippen molar-refractivity contribution in [3.63, 3.8) is 0 Å². The van der Waals surface area contributed by atoms with E-state index < -0.39 is 5.97 Å². The number of carbonyl (C=O) groups is 1. The summed E-state index contributed by atoms with van der Waals surface area (Å²) < 4.78 is 5.56. The summed E-state index contributed by atoms with van der Waals surface area (Å²) in [5, 5.41) is 8.73. The topological polar surface area (TPSA) is 75.5 Å². The summed E-state index contributed by atoms with van der Waals surface area (Å²) in [7, 11) is 0. The molecule has 2 heterocycles. The molecule has 1 aliphatic heterocycles. The number of aliphatic carboxylic acids is 1. The smallest absolute Gasteiger partial charge is 0.303 e. The van der Waals surface area contributed by atoms with Crippen molar-refractivity contribution >= 4 is 11.8 Å². The van der Waals surface area contributed by atoms with Gasteiger partial charge in [-0.2, -0.15) is 0 Å². The summed E-state index contributed by atoms with van der Waals surface area (Å²) in [4.78, 5) is 21.1. The fourth-order valence-corrected chi connectivity index (χ4v) is 2.41. The van der Waals surface area contributed by atoms with Gasteiger partial charge in [0.15, 0.2) is 0 Å². The molecule has 0 aliphatic carbocycles. The molecule has 110 valence electrons. The number of ether oxygens (including phenoxy) is 1. The van der Waals surface area contributed by atoms with Crippen molar-refractivity contribution in [2.75, 3.05) is 18.0 Å². The van der Waals surface area contributed by atoms with Gasteiger partial charge in [0.1, 0.15) is 12.1 Å². The van der Waals surface area contributed by atoms with Crippen LogP contribution in [-0.4, -0.2) is 40.2 Å². The highest BCUT2D eigenvalue weighted by Gasteiger charge is 2.24. The van der Waals surface area contributed by atoms with Gasteiger partial charge in [0.05, 0.1) is 6.10 Å². The Hall–Kier alpha value is -1.85. The molecule has 1 fully saturated rings. The summed E-state index contributed by atoms with van der Waals surface area (Å²) in [6.45, 7) is 5.67. The van der Waals surface area contributed by atoms with Crippen LogP contribution in [0.2, 0.25) is 0 Å². The fraction of sp³-hybridized carbons (Fsp3) is 0.643. The minimum Gasteiger partial charge on any atom is -0.481 e. The van der Waals surface area contributed by atoms with Gasteiger partial charge in [-0.25, -0.2) is 9.97 Å². The Kier molecular flexibility index (Phi) is 4.76. The van der Waals surface area contributed by atoms with Crippen LogP contribution >= 0.6 is 0 Å². The van der Waals surface area contributed by atoms with E-state index in [-0.39, 0.29) is 12.5 Å². The normalized spacial score (nSPS) is 18.6. The summed E-state index contributed by atoms with van der Waals surface area (Å²) in [5.41, 5.74) is 0. The number of aromatic nitrogens is 2. The SMILES string of the molecule is CC(C)Oc1cc(N2CCC(CCC(=O)O)C2)ncn1. The van der Waals surface area contributed by atoms with Gasteiger partial charge >= 0.3 is 5.97 Å². The Morgan fingerprint density at radius 2 is 2.35 bits per heavy atom. The second-order valence-electron chi connectivity index (χ2n) is 5.41. The highest BCUT2D eigenvalue weighted by Crippen LogP contribution is 2.26. The van der Waals surface area contributed by atoms with E-state index in [1.54, 1.807) is 0 Å². The van der Waals surface area contributed by atoms with Crippen LogP contribution in [0.5, 0.6) is 5.88 Å². The Balaban J connectivity index is 1.94. The third-order valence-corrected chi connectivity index (χ3v) is 3.36. The molecular formula is C14H21N3O3. The van der Waals surface area contributed by atoms with Crippen molar-refractivity contribution in [3.8, 4) is 5.88 Å². The Labute approximate surface area is 118 Å². The average molecular weight is 279 g/mol. The number of carboxylic acids is 1. The molecule has 0 amide bonds. The van der Waals surface area contributed by atoms with Gasteiger partial charge in [-0.15, -0.1) is 0 Å². The third kappa shape index (κ3) is 4.08.